The minimum Gasteiger partial charge on any atom is -0.356 e. The van der Waals surface area contributed by atoms with Crippen molar-refractivity contribution in [3.63, 3.8) is 0 Å². The Morgan fingerprint density at radius 2 is 1.56 bits per heavy atom. The fourth-order valence-corrected chi connectivity index (χ4v) is 2.85. The summed E-state index contributed by atoms with van der Waals surface area (Å²) in [6, 6.07) is 11.9. The van der Waals surface area contributed by atoms with Gasteiger partial charge in [0.05, 0.1) is 5.56 Å². The second-order valence-electron chi connectivity index (χ2n) is 5.64. The van der Waals surface area contributed by atoms with Crippen molar-refractivity contribution in [2.75, 3.05) is 0 Å². The Kier molecular flexibility index (Phi) is 4.43. The third-order valence-corrected chi connectivity index (χ3v) is 4.15. The van der Waals surface area contributed by atoms with Gasteiger partial charge in [0.25, 0.3) is 0 Å². The highest BCUT2D eigenvalue weighted by molar-refractivity contribution is 6.33. The molecule has 0 spiro atoms. The summed E-state index contributed by atoms with van der Waals surface area (Å²) in [5, 5.41) is 0.0929. The van der Waals surface area contributed by atoms with E-state index in [0.29, 0.717) is 11.1 Å². The van der Waals surface area contributed by atoms with E-state index >= 15 is 0 Å². The predicted molar refractivity (Wildman–Crippen MR) is 92.6 cm³/mol. The third kappa shape index (κ3) is 3.46. The van der Waals surface area contributed by atoms with Gasteiger partial charge in [0.1, 0.15) is 0 Å². The van der Waals surface area contributed by atoms with E-state index in [0.717, 1.165) is 18.2 Å². The smallest absolute Gasteiger partial charge is 0.356 e. The number of alkyl halides is 3. The number of rotatable bonds is 2. The van der Waals surface area contributed by atoms with Crippen molar-refractivity contribution in [3.8, 4) is 22.3 Å². The van der Waals surface area contributed by atoms with Gasteiger partial charge in [-0.3, -0.25) is 4.79 Å². The van der Waals surface area contributed by atoms with Crippen LogP contribution < -0.4 is 5.43 Å². The summed E-state index contributed by atoms with van der Waals surface area (Å²) in [5.41, 5.74) is 0.0570. The quantitative estimate of drug-likeness (QED) is 0.598. The van der Waals surface area contributed by atoms with Gasteiger partial charge in [0.2, 0.25) is 0 Å². The van der Waals surface area contributed by atoms with Crippen molar-refractivity contribution < 1.29 is 13.2 Å². The number of pyridine rings is 1. The van der Waals surface area contributed by atoms with E-state index in [1.807, 2.05) is 6.07 Å². The first kappa shape index (κ1) is 17.3. The Bertz CT molecular complexity index is 978. The molecular formula is C19H13ClF3NO. The van der Waals surface area contributed by atoms with Crippen molar-refractivity contribution in [1.82, 2.24) is 4.57 Å². The zero-order valence-electron chi connectivity index (χ0n) is 13.1. The Labute approximate surface area is 147 Å². The van der Waals surface area contributed by atoms with Gasteiger partial charge in [-0.05, 0) is 23.8 Å². The fourth-order valence-electron chi connectivity index (χ4n) is 2.63. The molecule has 2 aromatic carbocycles. The van der Waals surface area contributed by atoms with Crippen molar-refractivity contribution in [3.05, 3.63) is 81.7 Å². The topological polar surface area (TPSA) is 22.0 Å². The molecule has 0 saturated heterocycles. The second kappa shape index (κ2) is 6.41. The molecule has 0 atom stereocenters. The Hall–Kier alpha value is -2.53. The first-order chi connectivity index (χ1) is 11.8. The molecule has 6 heteroatoms. The molecule has 3 aromatic rings. The molecule has 0 saturated carbocycles. The molecule has 0 fully saturated rings. The number of aryl methyl sites for hydroxylation is 1. The third-order valence-electron chi connectivity index (χ3n) is 3.82. The Balaban J connectivity index is 2.26. The van der Waals surface area contributed by atoms with Crippen LogP contribution >= 0.6 is 11.6 Å². The van der Waals surface area contributed by atoms with Crippen LogP contribution in [0.3, 0.4) is 0 Å². The summed E-state index contributed by atoms with van der Waals surface area (Å²) in [4.78, 5) is 12.9. The van der Waals surface area contributed by atoms with Gasteiger partial charge >= 0.3 is 6.18 Å². The van der Waals surface area contributed by atoms with Gasteiger partial charge in [0, 0.05) is 41.2 Å². The van der Waals surface area contributed by atoms with Crippen LogP contribution in [0.4, 0.5) is 13.2 Å². The van der Waals surface area contributed by atoms with Crippen LogP contribution in [0.15, 0.2) is 65.7 Å². The average Bonchev–Trinajstić information content (AvgIpc) is 2.57. The van der Waals surface area contributed by atoms with Crippen LogP contribution in [0.1, 0.15) is 5.56 Å². The lowest BCUT2D eigenvalue weighted by atomic mass is 9.99. The number of halogens is 4. The number of aromatic nitrogens is 1. The van der Waals surface area contributed by atoms with E-state index in [2.05, 4.69) is 0 Å². The normalized spacial score (nSPS) is 11.6. The maximum atomic E-state index is 13.0. The highest BCUT2D eigenvalue weighted by atomic mass is 35.5. The zero-order valence-corrected chi connectivity index (χ0v) is 13.9. The van der Waals surface area contributed by atoms with E-state index in [1.54, 1.807) is 42.1 Å². The van der Waals surface area contributed by atoms with Crippen LogP contribution in [0.25, 0.3) is 22.3 Å². The molecule has 0 aliphatic rings. The molecule has 1 aromatic heterocycles. The summed E-state index contributed by atoms with van der Waals surface area (Å²) in [7, 11) is 1.71. The summed E-state index contributed by atoms with van der Waals surface area (Å²) < 4.78 is 40.7. The first-order valence-electron chi connectivity index (χ1n) is 7.40. The Morgan fingerprint density at radius 3 is 2.20 bits per heavy atom. The van der Waals surface area contributed by atoms with Crippen LogP contribution in [0.2, 0.25) is 5.02 Å². The van der Waals surface area contributed by atoms with Crippen molar-refractivity contribution in [2.45, 2.75) is 6.18 Å². The lowest BCUT2D eigenvalue weighted by molar-refractivity contribution is -0.137. The highest BCUT2D eigenvalue weighted by Gasteiger charge is 2.31. The van der Waals surface area contributed by atoms with Crippen LogP contribution in [0, 0.1) is 0 Å². The second-order valence-corrected chi connectivity index (χ2v) is 6.05. The molecule has 128 valence electrons. The van der Waals surface area contributed by atoms with Crippen LogP contribution in [-0.2, 0) is 13.2 Å². The molecule has 0 N–H and O–H groups in total. The largest absolute Gasteiger partial charge is 0.416 e. The Morgan fingerprint density at radius 1 is 0.920 bits per heavy atom. The molecule has 0 aliphatic heterocycles. The molecule has 0 aliphatic carbocycles. The molecule has 0 amide bonds. The van der Waals surface area contributed by atoms with Gasteiger partial charge in [-0.15, -0.1) is 0 Å². The maximum Gasteiger partial charge on any atom is 0.416 e. The molecule has 2 nitrogen and oxygen atoms in total. The van der Waals surface area contributed by atoms with E-state index in [1.165, 1.54) is 6.20 Å². The van der Waals surface area contributed by atoms with E-state index in [9.17, 15) is 18.0 Å². The lowest BCUT2D eigenvalue weighted by Gasteiger charge is -2.13. The monoisotopic (exact) mass is 363 g/mol. The average molecular weight is 364 g/mol. The maximum absolute atomic E-state index is 13.0. The van der Waals surface area contributed by atoms with Gasteiger partial charge < -0.3 is 4.57 Å². The molecule has 0 bridgehead atoms. The predicted octanol–water partition coefficient (Wildman–Crippen LogP) is 5.39. The minimum atomic E-state index is -4.51. The van der Waals surface area contributed by atoms with E-state index in [-0.39, 0.29) is 21.6 Å². The van der Waals surface area contributed by atoms with Gasteiger partial charge in [-0.25, -0.2) is 0 Å². The zero-order chi connectivity index (χ0) is 18.2. The summed E-state index contributed by atoms with van der Waals surface area (Å²) in [6.45, 7) is 0. The number of hydrogen-bond acceptors (Lipinski definition) is 1. The summed E-state index contributed by atoms with van der Waals surface area (Å²) >= 11 is 6.09. The highest BCUT2D eigenvalue weighted by Crippen LogP contribution is 2.35. The number of nitrogens with zero attached hydrogens (tertiary/aromatic N) is 1. The number of hydrogen-bond donors (Lipinski definition) is 0. The van der Waals surface area contributed by atoms with Crippen molar-refractivity contribution >= 4 is 11.6 Å². The van der Waals surface area contributed by atoms with Crippen LogP contribution in [-0.4, -0.2) is 4.57 Å². The van der Waals surface area contributed by atoms with E-state index in [4.69, 9.17) is 11.6 Å². The SMILES string of the molecule is Cn1cc(-c2ccccc2)c(=O)c(-c2cc(C(F)(F)F)ccc2Cl)c1. The first-order valence-corrected chi connectivity index (χ1v) is 7.78. The van der Waals surface area contributed by atoms with Crippen molar-refractivity contribution in [2.24, 2.45) is 7.05 Å². The summed E-state index contributed by atoms with van der Waals surface area (Å²) in [6.07, 6.45) is -1.39. The van der Waals surface area contributed by atoms with Gasteiger partial charge in [0.15, 0.2) is 5.43 Å². The molecule has 0 unspecified atom stereocenters. The lowest BCUT2D eigenvalue weighted by Crippen LogP contribution is -2.12. The van der Waals surface area contributed by atoms with Gasteiger partial charge in [-0.1, -0.05) is 41.9 Å². The van der Waals surface area contributed by atoms with Crippen molar-refractivity contribution in [1.29, 1.82) is 0 Å². The number of benzene rings is 2. The van der Waals surface area contributed by atoms with Gasteiger partial charge in [-0.2, -0.15) is 13.2 Å². The standard InChI is InChI=1S/C19H13ClF3NO/c1-24-10-15(12-5-3-2-4-6-12)18(25)16(11-24)14-9-13(19(21,22)23)7-8-17(14)20/h2-11H,1H3. The molecule has 1 heterocycles. The summed E-state index contributed by atoms with van der Waals surface area (Å²) in [5.74, 6) is 0. The van der Waals surface area contributed by atoms with E-state index < -0.39 is 11.7 Å². The van der Waals surface area contributed by atoms with Crippen LogP contribution in [0.5, 0.6) is 0 Å². The molecule has 0 radical (unpaired) electrons. The molecule has 3 rings (SSSR count). The molecule has 25 heavy (non-hydrogen) atoms. The fraction of sp³-hybridized carbons (Fsp3) is 0.105. The minimum absolute atomic E-state index is 0.0647. The molecular weight excluding hydrogens is 351 g/mol.